The maximum absolute atomic E-state index is 12.8. The summed E-state index contributed by atoms with van der Waals surface area (Å²) in [4.78, 5) is 27.2. The van der Waals surface area contributed by atoms with Crippen LogP contribution in [-0.2, 0) is 16.0 Å². The highest BCUT2D eigenvalue weighted by atomic mass is 16.7. The summed E-state index contributed by atoms with van der Waals surface area (Å²) in [5, 5.41) is 2.88. The van der Waals surface area contributed by atoms with Gasteiger partial charge in [-0.3, -0.25) is 9.59 Å². The average Bonchev–Trinajstić information content (AvgIpc) is 3.16. The van der Waals surface area contributed by atoms with E-state index >= 15 is 0 Å². The topological polar surface area (TPSA) is 93.9 Å². The van der Waals surface area contributed by atoms with E-state index in [-0.39, 0.29) is 24.5 Å². The average molecular weight is 381 g/mol. The molecule has 2 aliphatic rings. The van der Waals surface area contributed by atoms with E-state index in [2.05, 4.69) is 5.32 Å². The lowest BCUT2D eigenvalue weighted by molar-refractivity contribution is -0.133. The van der Waals surface area contributed by atoms with Crippen LogP contribution in [-0.4, -0.2) is 36.6 Å². The number of amides is 2. The molecule has 1 saturated heterocycles. The third kappa shape index (κ3) is 3.88. The van der Waals surface area contributed by atoms with Crippen LogP contribution in [0.1, 0.15) is 18.4 Å². The Morgan fingerprint density at radius 1 is 1.14 bits per heavy atom. The van der Waals surface area contributed by atoms with Crippen molar-refractivity contribution in [3.63, 3.8) is 0 Å². The summed E-state index contributed by atoms with van der Waals surface area (Å²) in [5.41, 5.74) is 7.92. The smallest absolute Gasteiger partial charge is 0.231 e. The molecule has 0 bridgehead atoms. The molecule has 0 aliphatic carbocycles. The fourth-order valence-corrected chi connectivity index (χ4v) is 3.60. The first-order valence-electron chi connectivity index (χ1n) is 9.42. The van der Waals surface area contributed by atoms with E-state index in [1.54, 1.807) is 17.0 Å². The summed E-state index contributed by atoms with van der Waals surface area (Å²) in [7, 11) is 0. The number of fused-ring (bicyclic) bond motifs is 1. The molecule has 1 fully saturated rings. The first-order chi connectivity index (χ1) is 13.6. The molecule has 146 valence electrons. The van der Waals surface area contributed by atoms with Gasteiger partial charge in [0.05, 0.1) is 23.7 Å². The van der Waals surface area contributed by atoms with Crippen LogP contribution >= 0.6 is 0 Å². The molecular weight excluding hydrogens is 358 g/mol. The van der Waals surface area contributed by atoms with Gasteiger partial charge in [0, 0.05) is 25.2 Å². The van der Waals surface area contributed by atoms with E-state index in [9.17, 15) is 9.59 Å². The van der Waals surface area contributed by atoms with E-state index < -0.39 is 0 Å². The highest BCUT2D eigenvalue weighted by molar-refractivity contribution is 5.96. The zero-order chi connectivity index (χ0) is 19.5. The van der Waals surface area contributed by atoms with Crippen LogP contribution in [0.4, 0.5) is 11.4 Å². The molecule has 2 aromatic carbocycles. The van der Waals surface area contributed by atoms with Gasteiger partial charge in [-0.15, -0.1) is 0 Å². The van der Waals surface area contributed by atoms with E-state index in [1.807, 2.05) is 30.3 Å². The molecule has 7 heteroatoms. The van der Waals surface area contributed by atoms with Crippen molar-refractivity contribution in [1.29, 1.82) is 0 Å². The lowest BCUT2D eigenvalue weighted by Crippen LogP contribution is -2.44. The summed E-state index contributed by atoms with van der Waals surface area (Å²) in [6.45, 7) is 1.25. The van der Waals surface area contributed by atoms with Gasteiger partial charge in [0.2, 0.25) is 18.6 Å². The zero-order valence-corrected chi connectivity index (χ0v) is 15.5. The minimum absolute atomic E-state index is 0.0475. The van der Waals surface area contributed by atoms with Gasteiger partial charge in [0.25, 0.3) is 0 Å². The molecule has 3 N–H and O–H groups in total. The number of anilines is 2. The summed E-state index contributed by atoms with van der Waals surface area (Å²) in [6, 6.07) is 13.0. The van der Waals surface area contributed by atoms with Crippen molar-refractivity contribution in [2.45, 2.75) is 19.3 Å². The van der Waals surface area contributed by atoms with Crippen LogP contribution < -0.4 is 20.5 Å². The second-order valence-corrected chi connectivity index (χ2v) is 7.12. The van der Waals surface area contributed by atoms with Crippen molar-refractivity contribution in [2.75, 3.05) is 30.9 Å². The largest absolute Gasteiger partial charge is 0.454 e. The number of carbonyl (C=O) groups excluding carboxylic acids is 2. The summed E-state index contributed by atoms with van der Waals surface area (Å²) < 4.78 is 10.6. The number of rotatable bonds is 4. The van der Waals surface area contributed by atoms with Gasteiger partial charge in [-0.2, -0.15) is 0 Å². The van der Waals surface area contributed by atoms with Gasteiger partial charge in [-0.05, 0) is 18.4 Å². The number of carbonyl (C=O) groups is 2. The molecule has 2 aromatic rings. The van der Waals surface area contributed by atoms with E-state index in [1.165, 1.54) is 0 Å². The fraction of sp³-hybridized carbons (Fsp3) is 0.333. The molecule has 2 aliphatic heterocycles. The SMILES string of the molecule is Nc1cc2c(cc1NC(=O)C1CCCN(C(=O)Cc3ccccc3)C1)OCO2. The lowest BCUT2D eigenvalue weighted by atomic mass is 9.96. The van der Waals surface area contributed by atoms with E-state index in [0.717, 1.165) is 18.4 Å². The molecule has 4 rings (SSSR count). The first-order valence-corrected chi connectivity index (χ1v) is 9.42. The number of nitrogens with one attached hydrogen (secondary N) is 1. The maximum Gasteiger partial charge on any atom is 0.231 e. The minimum Gasteiger partial charge on any atom is -0.454 e. The van der Waals surface area contributed by atoms with Crippen LogP contribution in [0, 0.1) is 5.92 Å². The summed E-state index contributed by atoms with van der Waals surface area (Å²) in [6.07, 6.45) is 1.89. The standard InChI is InChI=1S/C21H23N3O4/c22-16-10-18-19(28-13-27-18)11-17(16)23-21(26)15-7-4-8-24(12-15)20(25)9-14-5-2-1-3-6-14/h1-3,5-6,10-11,15H,4,7-9,12-13,22H2,(H,23,26). The second-order valence-electron chi connectivity index (χ2n) is 7.12. The van der Waals surface area contributed by atoms with Gasteiger partial charge in [-0.1, -0.05) is 30.3 Å². The van der Waals surface area contributed by atoms with Gasteiger partial charge in [-0.25, -0.2) is 0 Å². The van der Waals surface area contributed by atoms with Crippen molar-refractivity contribution in [3.8, 4) is 11.5 Å². The Morgan fingerprint density at radius 2 is 1.89 bits per heavy atom. The number of hydrogen-bond donors (Lipinski definition) is 2. The molecule has 1 atom stereocenters. The third-order valence-corrected chi connectivity index (χ3v) is 5.15. The van der Waals surface area contributed by atoms with Crippen LogP contribution in [0.25, 0.3) is 0 Å². The lowest BCUT2D eigenvalue weighted by Gasteiger charge is -2.32. The number of nitrogens with two attached hydrogens (primary N) is 1. The van der Waals surface area contributed by atoms with Gasteiger partial charge in [0.15, 0.2) is 11.5 Å². The number of benzene rings is 2. The molecule has 28 heavy (non-hydrogen) atoms. The van der Waals surface area contributed by atoms with Gasteiger partial charge >= 0.3 is 0 Å². The normalized spacial score (nSPS) is 18.0. The van der Waals surface area contributed by atoms with Gasteiger partial charge < -0.3 is 25.4 Å². The second kappa shape index (κ2) is 7.80. The third-order valence-electron chi connectivity index (χ3n) is 5.15. The van der Waals surface area contributed by atoms with Crippen molar-refractivity contribution in [3.05, 3.63) is 48.0 Å². The van der Waals surface area contributed by atoms with E-state index in [4.69, 9.17) is 15.2 Å². The summed E-state index contributed by atoms with van der Waals surface area (Å²) >= 11 is 0. The molecule has 2 amide bonds. The Morgan fingerprint density at radius 3 is 2.68 bits per heavy atom. The van der Waals surface area contributed by atoms with Crippen LogP contribution in [0.5, 0.6) is 11.5 Å². The van der Waals surface area contributed by atoms with Crippen molar-refractivity contribution in [1.82, 2.24) is 4.90 Å². The zero-order valence-electron chi connectivity index (χ0n) is 15.5. The summed E-state index contributed by atoms with van der Waals surface area (Å²) in [5.74, 6) is 0.783. The molecular formula is C21H23N3O4. The molecule has 0 saturated carbocycles. The Balaban J connectivity index is 1.39. The highest BCUT2D eigenvalue weighted by Gasteiger charge is 2.29. The maximum atomic E-state index is 12.8. The molecule has 1 unspecified atom stereocenters. The Kier molecular flexibility index (Phi) is 5.06. The fourth-order valence-electron chi connectivity index (χ4n) is 3.60. The molecule has 2 heterocycles. The predicted molar refractivity (Wildman–Crippen MR) is 105 cm³/mol. The van der Waals surface area contributed by atoms with Crippen LogP contribution in [0.15, 0.2) is 42.5 Å². The van der Waals surface area contributed by atoms with Crippen molar-refractivity contribution >= 4 is 23.2 Å². The predicted octanol–water partition coefficient (Wildman–Crippen LogP) is 2.42. The highest BCUT2D eigenvalue weighted by Crippen LogP contribution is 2.38. The number of hydrogen-bond acceptors (Lipinski definition) is 5. The van der Waals surface area contributed by atoms with Crippen LogP contribution in [0.2, 0.25) is 0 Å². The Bertz CT molecular complexity index is 885. The van der Waals surface area contributed by atoms with Crippen molar-refractivity contribution in [2.24, 2.45) is 5.92 Å². The number of nitrogens with zero attached hydrogens (tertiary/aromatic N) is 1. The minimum atomic E-state index is -0.265. The molecule has 0 aromatic heterocycles. The number of piperidine rings is 1. The quantitative estimate of drug-likeness (QED) is 0.794. The number of likely N-dealkylation sites (tertiary alicyclic amines) is 1. The molecule has 0 radical (unpaired) electrons. The Labute approximate surface area is 163 Å². The van der Waals surface area contributed by atoms with E-state index in [0.29, 0.717) is 42.4 Å². The van der Waals surface area contributed by atoms with Crippen molar-refractivity contribution < 1.29 is 19.1 Å². The number of ether oxygens (including phenoxy) is 2. The van der Waals surface area contributed by atoms with Crippen LogP contribution in [0.3, 0.4) is 0 Å². The number of nitrogen functional groups attached to an aromatic ring is 1. The molecule has 0 spiro atoms. The first kappa shape index (κ1) is 18.2. The Hall–Kier alpha value is -3.22. The molecule has 7 nitrogen and oxygen atoms in total. The monoisotopic (exact) mass is 381 g/mol. The van der Waals surface area contributed by atoms with Gasteiger partial charge in [0.1, 0.15) is 0 Å².